The van der Waals surface area contributed by atoms with Gasteiger partial charge >= 0.3 is 17.9 Å². The van der Waals surface area contributed by atoms with E-state index in [2.05, 4.69) is 6.07 Å². The standard InChI is InChI=1S/C15H9O6/c16-13(17)11-7-6-9(8-12(11)14(18)19)15(20)21-10-4-2-1-3-5-10/h2-8H,(H,16,17)(H,18,19). The molecule has 0 heterocycles. The fraction of sp³-hybridized carbons (Fsp3) is 0. The van der Waals surface area contributed by atoms with Crippen molar-refractivity contribution < 1.29 is 29.3 Å². The Balaban J connectivity index is 2.32. The van der Waals surface area contributed by atoms with Crippen LogP contribution in [-0.2, 0) is 0 Å². The quantitative estimate of drug-likeness (QED) is 0.659. The summed E-state index contributed by atoms with van der Waals surface area (Å²) >= 11 is 0. The van der Waals surface area contributed by atoms with Gasteiger partial charge < -0.3 is 14.9 Å². The average Bonchev–Trinajstić information content (AvgIpc) is 2.47. The highest BCUT2D eigenvalue weighted by atomic mass is 16.5. The molecule has 0 bridgehead atoms. The number of benzene rings is 2. The van der Waals surface area contributed by atoms with Crippen molar-refractivity contribution >= 4 is 17.9 Å². The van der Waals surface area contributed by atoms with Crippen molar-refractivity contribution in [2.45, 2.75) is 0 Å². The van der Waals surface area contributed by atoms with Crippen molar-refractivity contribution in [3.05, 3.63) is 65.2 Å². The SMILES string of the molecule is O=C(Oc1cc[c]cc1)c1ccc(C(=O)O)c(C(=O)O)c1. The van der Waals surface area contributed by atoms with Crippen LogP contribution in [0.15, 0.2) is 42.5 Å². The van der Waals surface area contributed by atoms with Crippen LogP contribution in [0.3, 0.4) is 0 Å². The highest BCUT2D eigenvalue weighted by Gasteiger charge is 2.19. The summed E-state index contributed by atoms with van der Waals surface area (Å²) in [5.41, 5.74) is -0.920. The molecule has 6 nitrogen and oxygen atoms in total. The minimum Gasteiger partial charge on any atom is -0.478 e. The number of aromatic carboxylic acids is 2. The summed E-state index contributed by atoms with van der Waals surface area (Å²) in [5.74, 6) is -3.32. The van der Waals surface area contributed by atoms with Gasteiger partial charge in [-0.2, -0.15) is 0 Å². The van der Waals surface area contributed by atoms with Gasteiger partial charge in [0.05, 0.1) is 16.7 Å². The summed E-state index contributed by atoms with van der Waals surface area (Å²) < 4.78 is 5.04. The highest BCUT2D eigenvalue weighted by Crippen LogP contribution is 2.16. The molecule has 0 aliphatic rings. The second-order valence-electron chi connectivity index (χ2n) is 4.00. The zero-order valence-electron chi connectivity index (χ0n) is 10.6. The molecule has 0 atom stereocenters. The van der Waals surface area contributed by atoms with E-state index in [0.717, 1.165) is 12.1 Å². The maximum absolute atomic E-state index is 11.9. The normalized spacial score (nSPS) is 9.90. The third kappa shape index (κ3) is 3.24. The third-order valence-corrected chi connectivity index (χ3v) is 2.61. The van der Waals surface area contributed by atoms with E-state index in [0.29, 0.717) is 0 Å². The smallest absolute Gasteiger partial charge is 0.343 e. The first-order chi connectivity index (χ1) is 9.99. The van der Waals surface area contributed by atoms with Crippen LogP contribution in [0.2, 0.25) is 0 Å². The minimum absolute atomic E-state index is 0.0507. The first-order valence-corrected chi connectivity index (χ1v) is 5.78. The van der Waals surface area contributed by atoms with Crippen LogP contribution in [0.25, 0.3) is 0 Å². The number of rotatable bonds is 4. The van der Waals surface area contributed by atoms with Crippen molar-refractivity contribution in [1.82, 2.24) is 0 Å². The molecule has 2 N–H and O–H groups in total. The van der Waals surface area contributed by atoms with Crippen LogP contribution >= 0.6 is 0 Å². The number of carboxylic acids is 2. The number of carboxylic acid groups (broad SMARTS) is 2. The van der Waals surface area contributed by atoms with E-state index in [1.807, 2.05) is 0 Å². The maximum Gasteiger partial charge on any atom is 0.343 e. The summed E-state index contributed by atoms with van der Waals surface area (Å²) in [7, 11) is 0. The summed E-state index contributed by atoms with van der Waals surface area (Å²) in [4.78, 5) is 33.9. The van der Waals surface area contributed by atoms with E-state index in [-0.39, 0.29) is 11.3 Å². The van der Waals surface area contributed by atoms with E-state index in [1.165, 1.54) is 18.2 Å². The molecule has 0 aromatic heterocycles. The lowest BCUT2D eigenvalue weighted by molar-refractivity contribution is 0.0650. The van der Waals surface area contributed by atoms with Gasteiger partial charge in [0.15, 0.2) is 0 Å². The number of ether oxygens (including phenoxy) is 1. The molecule has 0 spiro atoms. The Bertz CT molecular complexity index is 705. The molecular weight excluding hydrogens is 276 g/mol. The van der Waals surface area contributed by atoms with E-state index in [4.69, 9.17) is 14.9 Å². The predicted molar refractivity (Wildman–Crippen MR) is 70.6 cm³/mol. The third-order valence-electron chi connectivity index (χ3n) is 2.61. The Morgan fingerprint density at radius 3 is 2.10 bits per heavy atom. The van der Waals surface area contributed by atoms with Gasteiger partial charge in [0, 0.05) is 0 Å². The van der Waals surface area contributed by atoms with Gasteiger partial charge in [-0.3, -0.25) is 0 Å². The molecule has 0 amide bonds. The lowest BCUT2D eigenvalue weighted by Crippen LogP contribution is -2.13. The summed E-state index contributed by atoms with van der Waals surface area (Å²) in [6.45, 7) is 0. The number of hydrogen-bond acceptors (Lipinski definition) is 4. The van der Waals surface area contributed by atoms with Gasteiger partial charge in [0.1, 0.15) is 5.75 Å². The molecule has 0 fully saturated rings. The molecule has 0 unspecified atom stereocenters. The minimum atomic E-state index is -1.43. The Morgan fingerprint density at radius 1 is 0.905 bits per heavy atom. The molecule has 0 aliphatic heterocycles. The molecular formula is C15H9O6. The van der Waals surface area contributed by atoms with Gasteiger partial charge in [-0.15, -0.1) is 0 Å². The predicted octanol–water partition coefficient (Wildman–Crippen LogP) is 2.10. The van der Waals surface area contributed by atoms with Crippen LogP contribution in [0, 0.1) is 6.07 Å². The Labute approximate surface area is 119 Å². The number of esters is 1. The fourth-order valence-electron chi connectivity index (χ4n) is 1.64. The molecule has 0 saturated carbocycles. The van der Waals surface area contributed by atoms with Gasteiger partial charge in [0.25, 0.3) is 0 Å². The van der Waals surface area contributed by atoms with Crippen LogP contribution in [0.5, 0.6) is 5.75 Å². The number of carbonyl (C=O) groups is 3. The number of carbonyl (C=O) groups excluding carboxylic acids is 1. The monoisotopic (exact) mass is 285 g/mol. The molecule has 0 saturated heterocycles. The van der Waals surface area contributed by atoms with Gasteiger partial charge in [-0.25, -0.2) is 14.4 Å². The van der Waals surface area contributed by atoms with Crippen LogP contribution in [0.1, 0.15) is 31.1 Å². The first kappa shape index (κ1) is 14.3. The van der Waals surface area contributed by atoms with Crippen molar-refractivity contribution in [2.75, 3.05) is 0 Å². The van der Waals surface area contributed by atoms with Gasteiger partial charge in [-0.1, -0.05) is 12.1 Å². The lowest BCUT2D eigenvalue weighted by Gasteiger charge is -2.06. The molecule has 21 heavy (non-hydrogen) atoms. The van der Waals surface area contributed by atoms with Crippen LogP contribution < -0.4 is 4.74 Å². The highest BCUT2D eigenvalue weighted by molar-refractivity contribution is 6.04. The fourth-order valence-corrected chi connectivity index (χ4v) is 1.64. The Morgan fingerprint density at radius 2 is 1.52 bits per heavy atom. The van der Waals surface area contributed by atoms with E-state index < -0.39 is 29.0 Å². The van der Waals surface area contributed by atoms with E-state index in [9.17, 15) is 14.4 Å². The van der Waals surface area contributed by atoms with E-state index >= 15 is 0 Å². The summed E-state index contributed by atoms with van der Waals surface area (Å²) in [6, 6.07) is 12.1. The topological polar surface area (TPSA) is 101 Å². The summed E-state index contributed by atoms with van der Waals surface area (Å²) in [6.07, 6.45) is 0. The van der Waals surface area contributed by atoms with Gasteiger partial charge in [-0.05, 0) is 36.4 Å². The van der Waals surface area contributed by atoms with Crippen molar-refractivity contribution in [2.24, 2.45) is 0 Å². The second-order valence-corrected chi connectivity index (χ2v) is 4.00. The molecule has 2 rings (SSSR count). The van der Waals surface area contributed by atoms with E-state index in [1.54, 1.807) is 12.1 Å². The Hall–Kier alpha value is -3.15. The van der Waals surface area contributed by atoms with Crippen LogP contribution in [0.4, 0.5) is 0 Å². The Kier molecular flexibility index (Phi) is 3.99. The molecule has 2 aromatic rings. The zero-order chi connectivity index (χ0) is 15.4. The molecule has 1 radical (unpaired) electrons. The molecule has 0 aliphatic carbocycles. The molecule has 2 aromatic carbocycles. The van der Waals surface area contributed by atoms with Crippen molar-refractivity contribution in [3.8, 4) is 5.75 Å². The van der Waals surface area contributed by atoms with Crippen molar-refractivity contribution in [3.63, 3.8) is 0 Å². The first-order valence-electron chi connectivity index (χ1n) is 5.78. The second kappa shape index (κ2) is 5.87. The zero-order valence-corrected chi connectivity index (χ0v) is 10.6. The number of hydrogen-bond donors (Lipinski definition) is 2. The molecule has 105 valence electrons. The molecule has 6 heteroatoms. The van der Waals surface area contributed by atoms with Crippen LogP contribution in [-0.4, -0.2) is 28.1 Å². The average molecular weight is 285 g/mol. The summed E-state index contributed by atoms with van der Waals surface area (Å²) in [5, 5.41) is 17.9. The lowest BCUT2D eigenvalue weighted by atomic mass is 10.0. The van der Waals surface area contributed by atoms with Crippen molar-refractivity contribution in [1.29, 1.82) is 0 Å². The van der Waals surface area contributed by atoms with Gasteiger partial charge in [0.2, 0.25) is 0 Å². The largest absolute Gasteiger partial charge is 0.478 e. The maximum atomic E-state index is 11.9.